The van der Waals surface area contributed by atoms with E-state index in [1.54, 1.807) is 36.4 Å². The molecule has 2 aromatic carbocycles. The largest absolute Gasteiger partial charge is 0.339 e. The highest BCUT2D eigenvalue weighted by Gasteiger charge is 2.16. The van der Waals surface area contributed by atoms with Crippen LogP contribution in [0.15, 0.2) is 57.9 Å². The molecule has 0 aliphatic rings. The summed E-state index contributed by atoms with van der Waals surface area (Å²) in [5.74, 6) is 0.121. The van der Waals surface area contributed by atoms with Gasteiger partial charge in [-0.05, 0) is 43.3 Å². The third-order valence-electron chi connectivity index (χ3n) is 3.79. The van der Waals surface area contributed by atoms with Crippen LogP contribution < -0.4 is 10.3 Å². The summed E-state index contributed by atoms with van der Waals surface area (Å²) < 4.78 is 29.4. The van der Waals surface area contributed by atoms with E-state index in [9.17, 15) is 13.2 Å². The predicted octanol–water partition coefficient (Wildman–Crippen LogP) is 2.64. The highest BCUT2D eigenvalue weighted by atomic mass is 35.5. The Hall–Kier alpha value is -2.75. The van der Waals surface area contributed by atoms with Crippen LogP contribution in [0, 0.1) is 6.92 Å². The number of rotatable bonds is 7. The van der Waals surface area contributed by atoms with E-state index in [1.165, 1.54) is 12.1 Å². The van der Waals surface area contributed by atoms with E-state index in [2.05, 4.69) is 20.4 Å². The summed E-state index contributed by atoms with van der Waals surface area (Å²) in [6.07, 6.45) is 0.136. The van der Waals surface area contributed by atoms with E-state index in [1.807, 2.05) is 6.92 Å². The monoisotopic (exact) mass is 420 g/mol. The van der Waals surface area contributed by atoms with Crippen molar-refractivity contribution < 1.29 is 17.7 Å². The quantitative estimate of drug-likeness (QED) is 0.568. The fourth-order valence-electron chi connectivity index (χ4n) is 2.26. The van der Waals surface area contributed by atoms with Crippen LogP contribution in [0.5, 0.6) is 0 Å². The van der Waals surface area contributed by atoms with E-state index >= 15 is 0 Å². The highest BCUT2D eigenvalue weighted by Crippen LogP contribution is 2.19. The summed E-state index contributed by atoms with van der Waals surface area (Å²) >= 11 is 5.84. The maximum absolute atomic E-state index is 12.1. The van der Waals surface area contributed by atoms with E-state index in [4.69, 9.17) is 16.1 Å². The van der Waals surface area contributed by atoms with Gasteiger partial charge in [-0.15, -0.1) is 4.83 Å². The number of carbonyl (C=O) groups excluding carboxylic acids is 1. The molecule has 0 unspecified atom stereocenters. The summed E-state index contributed by atoms with van der Waals surface area (Å²) in [5, 5.41) is 4.45. The van der Waals surface area contributed by atoms with Crippen molar-refractivity contribution >= 4 is 27.5 Å². The van der Waals surface area contributed by atoms with Crippen molar-refractivity contribution in [1.29, 1.82) is 0 Å². The molecule has 1 amide bonds. The van der Waals surface area contributed by atoms with E-state index < -0.39 is 15.9 Å². The number of nitrogens with zero attached hydrogens (tertiary/aromatic N) is 2. The molecule has 0 atom stereocenters. The van der Waals surface area contributed by atoms with Crippen LogP contribution >= 0.6 is 11.6 Å². The minimum absolute atomic E-state index is 0.0291. The van der Waals surface area contributed by atoms with Crippen molar-refractivity contribution in [1.82, 2.24) is 20.4 Å². The van der Waals surface area contributed by atoms with Crippen LogP contribution in [0.4, 0.5) is 0 Å². The topological polar surface area (TPSA) is 114 Å². The van der Waals surface area contributed by atoms with Crippen LogP contribution in [0.3, 0.4) is 0 Å². The Bertz CT molecular complexity index is 1060. The third-order valence-corrected chi connectivity index (χ3v) is 5.31. The molecule has 0 aliphatic carbocycles. The molecule has 0 radical (unpaired) electrons. The second-order valence-electron chi connectivity index (χ2n) is 5.99. The number of hydrazine groups is 1. The lowest BCUT2D eigenvalue weighted by molar-refractivity contribution is -0.121. The SMILES string of the molecule is Cc1ccc(S(=O)(=O)NNC(=O)CCc2nc(-c3ccc(Cl)cc3)no2)cc1. The molecular weight excluding hydrogens is 404 g/mol. The first-order chi connectivity index (χ1) is 13.3. The van der Waals surface area contributed by atoms with E-state index in [-0.39, 0.29) is 23.6 Å². The van der Waals surface area contributed by atoms with Crippen molar-refractivity contribution in [3.8, 4) is 11.4 Å². The average Bonchev–Trinajstić information content (AvgIpc) is 3.15. The Morgan fingerprint density at radius 3 is 2.46 bits per heavy atom. The van der Waals surface area contributed by atoms with Gasteiger partial charge in [0.15, 0.2) is 0 Å². The molecule has 0 fully saturated rings. The van der Waals surface area contributed by atoms with Crippen LogP contribution in [0.1, 0.15) is 17.9 Å². The number of hydrogen-bond donors (Lipinski definition) is 2. The number of carbonyl (C=O) groups is 1. The first-order valence-corrected chi connectivity index (χ1v) is 10.2. The standard InChI is InChI=1S/C18H17ClN4O4S/c1-12-2-8-15(9-3-12)28(25,26)23-21-16(24)10-11-17-20-18(22-27-17)13-4-6-14(19)7-5-13/h2-9,23H,10-11H2,1H3,(H,21,24). The first kappa shape index (κ1) is 20.0. The zero-order valence-corrected chi connectivity index (χ0v) is 16.4. The molecule has 0 bridgehead atoms. The molecule has 3 rings (SSSR count). The molecule has 28 heavy (non-hydrogen) atoms. The van der Waals surface area contributed by atoms with Gasteiger partial charge in [0.2, 0.25) is 17.6 Å². The van der Waals surface area contributed by atoms with Gasteiger partial charge in [-0.1, -0.05) is 34.5 Å². The smallest absolute Gasteiger partial charge is 0.257 e. The number of benzene rings is 2. The Morgan fingerprint density at radius 1 is 1.11 bits per heavy atom. The van der Waals surface area contributed by atoms with Gasteiger partial charge >= 0.3 is 0 Å². The summed E-state index contributed by atoms with van der Waals surface area (Å²) in [5.41, 5.74) is 3.83. The fraction of sp³-hybridized carbons (Fsp3) is 0.167. The zero-order valence-electron chi connectivity index (χ0n) is 14.8. The van der Waals surface area contributed by atoms with Gasteiger partial charge < -0.3 is 4.52 Å². The van der Waals surface area contributed by atoms with Crippen LogP contribution in [0.2, 0.25) is 5.02 Å². The van der Waals surface area contributed by atoms with Crippen molar-refractivity contribution in [3.05, 3.63) is 65.0 Å². The number of hydrogen-bond acceptors (Lipinski definition) is 6. The number of aromatic nitrogens is 2. The van der Waals surface area contributed by atoms with Gasteiger partial charge in [-0.3, -0.25) is 10.2 Å². The van der Waals surface area contributed by atoms with Crippen LogP contribution in [-0.4, -0.2) is 24.5 Å². The molecule has 0 aliphatic heterocycles. The molecular formula is C18H17ClN4O4S. The summed E-state index contributed by atoms with van der Waals surface area (Å²) in [6, 6.07) is 13.2. The molecule has 0 saturated carbocycles. The van der Waals surface area contributed by atoms with Crippen LogP contribution in [-0.2, 0) is 21.2 Å². The number of amides is 1. The Labute approximate surface area is 166 Å². The summed E-state index contributed by atoms with van der Waals surface area (Å²) in [6.45, 7) is 1.85. The fourth-order valence-corrected chi connectivity index (χ4v) is 3.24. The van der Waals surface area contributed by atoms with Gasteiger partial charge in [0.25, 0.3) is 10.0 Å². The molecule has 8 nitrogen and oxygen atoms in total. The van der Waals surface area contributed by atoms with Gasteiger partial charge in [0, 0.05) is 23.4 Å². The second-order valence-corrected chi connectivity index (χ2v) is 8.10. The van der Waals surface area contributed by atoms with Crippen molar-refractivity contribution in [2.75, 3.05) is 0 Å². The molecule has 146 valence electrons. The number of aryl methyl sites for hydroxylation is 2. The molecule has 0 saturated heterocycles. The maximum Gasteiger partial charge on any atom is 0.257 e. The number of sulfonamides is 1. The van der Waals surface area contributed by atoms with Gasteiger partial charge in [-0.25, -0.2) is 8.42 Å². The molecule has 1 aromatic heterocycles. The van der Waals surface area contributed by atoms with Crippen molar-refractivity contribution in [2.45, 2.75) is 24.7 Å². The molecule has 3 aromatic rings. The van der Waals surface area contributed by atoms with Crippen molar-refractivity contribution in [2.24, 2.45) is 0 Å². The minimum atomic E-state index is -3.83. The predicted molar refractivity (Wildman–Crippen MR) is 103 cm³/mol. The van der Waals surface area contributed by atoms with Crippen LogP contribution in [0.25, 0.3) is 11.4 Å². The second kappa shape index (κ2) is 8.51. The lowest BCUT2D eigenvalue weighted by atomic mass is 10.2. The lowest BCUT2D eigenvalue weighted by Gasteiger charge is -2.08. The summed E-state index contributed by atoms with van der Waals surface area (Å²) in [7, 11) is -3.83. The highest BCUT2D eigenvalue weighted by molar-refractivity contribution is 7.89. The van der Waals surface area contributed by atoms with Gasteiger partial charge in [0.1, 0.15) is 0 Å². The van der Waals surface area contributed by atoms with Crippen molar-refractivity contribution in [3.63, 3.8) is 0 Å². The average molecular weight is 421 g/mol. The van der Waals surface area contributed by atoms with E-state index in [0.29, 0.717) is 10.8 Å². The Kier molecular flexibility index (Phi) is 6.08. The van der Waals surface area contributed by atoms with E-state index in [0.717, 1.165) is 11.1 Å². The lowest BCUT2D eigenvalue weighted by Crippen LogP contribution is -2.41. The number of nitrogens with one attached hydrogen (secondary N) is 2. The Balaban J connectivity index is 1.52. The molecule has 2 N–H and O–H groups in total. The Morgan fingerprint density at radius 2 is 1.79 bits per heavy atom. The summed E-state index contributed by atoms with van der Waals surface area (Å²) in [4.78, 5) is 18.2. The number of halogens is 1. The third kappa shape index (κ3) is 5.16. The normalized spacial score (nSPS) is 11.4. The zero-order chi connectivity index (χ0) is 20.1. The minimum Gasteiger partial charge on any atom is -0.339 e. The van der Waals surface area contributed by atoms with Gasteiger partial charge in [0.05, 0.1) is 4.90 Å². The maximum atomic E-state index is 12.1. The van der Waals surface area contributed by atoms with Gasteiger partial charge in [-0.2, -0.15) is 4.98 Å². The molecule has 0 spiro atoms. The first-order valence-electron chi connectivity index (χ1n) is 8.29. The molecule has 1 heterocycles. The molecule has 10 heteroatoms.